The van der Waals surface area contributed by atoms with Gasteiger partial charge < -0.3 is 5.32 Å². The molecule has 2 aromatic rings. The molecule has 156 valence electrons. The summed E-state index contributed by atoms with van der Waals surface area (Å²) >= 11 is 6.17. The van der Waals surface area contributed by atoms with Crippen LogP contribution in [0.15, 0.2) is 53.4 Å². The Labute approximate surface area is 177 Å². The van der Waals surface area contributed by atoms with Gasteiger partial charge in [0, 0.05) is 6.04 Å². The molecule has 1 fully saturated rings. The van der Waals surface area contributed by atoms with Crippen LogP contribution in [0.25, 0.3) is 0 Å². The Morgan fingerprint density at radius 2 is 1.76 bits per heavy atom. The maximum atomic E-state index is 13.1. The summed E-state index contributed by atoms with van der Waals surface area (Å²) in [5, 5.41) is 3.19. The van der Waals surface area contributed by atoms with Crippen molar-refractivity contribution in [3.63, 3.8) is 0 Å². The minimum Gasteiger partial charge on any atom is -0.352 e. The summed E-state index contributed by atoms with van der Waals surface area (Å²) in [7, 11) is -3.97. The SMILES string of the molecule is Cc1cccc(Cl)c1S(=O)(=O)NC(Cc1ccccc1)C(=O)NC1CCCCC1. The van der Waals surface area contributed by atoms with Gasteiger partial charge in [-0.2, -0.15) is 4.72 Å². The fourth-order valence-corrected chi connectivity index (χ4v) is 5.82. The van der Waals surface area contributed by atoms with Gasteiger partial charge in [0.25, 0.3) is 0 Å². The second kappa shape index (κ2) is 9.74. The predicted molar refractivity (Wildman–Crippen MR) is 115 cm³/mol. The zero-order chi connectivity index (χ0) is 20.9. The van der Waals surface area contributed by atoms with Gasteiger partial charge in [-0.1, -0.05) is 73.3 Å². The van der Waals surface area contributed by atoms with E-state index < -0.39 is 16.1 Å². The lowest BCUT2D eigenvalue weighted by atomic mass is 9.95. The summed E-state index contributed by atoms with van der Waals surface area (Å²) in [5.41, 5.74) is 1.42. The van der Waals surface area contributed by atoms with E-state index in [1.165, 1.54) is 12.5 Å². The van der Waals surface area contributed by atoms with Gasteiger partial charge in [0.05, 0.1) is 5.02 Å². The van der Waals surface area contributed by atoms with Crippen LogP contribution < -0.4 is 10.0 Å². The van der Waals surface area contributed by atoms with Crippen LogP contribution in [0.3, 0.4) is 0 Å². The number of sulfonamides is 1. The Bertz CT molecular complexity index is 922. The van der Waals surface area contributed by atoms with Crippen molar-refractivity contribution in [1.82, 2.24) is 10.0 Å². The van der Waals surface area contributed by atoms with Gasteiger partial charge in [0.15, 0.2) is 0 Å². The topological polar surface area (TPSA) is 75.3 Å². The Balaban J connectivity index is 1.84. The Kier molecular flexibility index (Phi) is 7.33. The first kappa shape index (κ1) is 21.8. The highest BCUT2D eigenvalue weighted by atomic mass is 35.5. The molecule has 3 rings (SSSR count). The number of aryl methyl sites for hydroxylation is 1. The lowest BCUT2D eigenvalue weighted by Gasteiger charge is -2.26. The van der Waals surface area contributed by atoms with Gasteiger partial charge in [-0.25, -0.2) is 8.42 Å². The average Bonchev–Trinajstić information content (AvgIpc) is 2.68. The summed E-state index contributed by atoms with van der Waals surface area (Å²) in [4.78, 5) is 13.0. The first-order valence-corrected chi connectivity index (χ1v) is 11.8. The smallest absolute Gasteiger partial charge is 0.243 e. The van der Waals surface area contributed by atoms with Crippen LogP contribution in [0.2, 0.25) is 5.02 Å². The van der Waals surface area contributed by atoms with Crippen LogP contribution in [0, 0.1) is 6.92 Å². The van der Waals surface area contributed by atoms with Gasteiger partial charge in [-0.05, 0) is 43.4 Å². The van der Waals surface area contributed by atoms with Crippen molar-refractivity contribution >= 4 is 27.5 Å². The zero-order valence-corrected chi connectivity index (χ0v) is 18.1. The Hall–Kier alpha value is -1.89. The number of hydrogen-bond acceptors (Lipinski definition) is 3. The number of benzene rings is 2. The highest BCUT2D eigenvalue weighted by Gasteiger charge is 2.30. The first-order chi connectivity index (χ1) is 13.9. The number of rotatable bonds is 7. The number of carbonyl (C=O) groups excluding carboxylic acids is 1. The molecule has 5 nitrogen and oxygen atoms in total. The summed E-state index contributed by atoms with van der Waals surface area (Å²) < 4.78 is 28.8. The van der Waals surface area contributed by atoms with Crippen LogP contribution in [0.4, 0.5) is 0 Å². The van der Waals surface area contributed by atoms with E-state index in [1.54, 1.807) is 19.1 Å². The fraction of sp³-hybridized carbons (Fsp3) is 0.409. The summed E-state index contributed by atoms with van der Waals surface area (Å²) in [5.74, 6) is -0.297. The van der Waals surface area contributed by atoms with E-state index in [1.807, 2.05) is 30.3 Å². The summed E-state index contributed by atoms with van der Waals surface area (Å²) in [6.45, 7) is 1.69. The van der Waals surface area contributed by atoms with Crippen LogP contribution in [-0.2, 0) is 21.2 Å². The molecule has 0 radical (unpaired) electrons. The second-order valence-corrected chi connectivity index (χ2v) is 9.65. The third kappa shape index (κ3) is 5.81. The van der Waals surface area contributed by atoms with E-state index in [2.05, 4.69) is 10.0 Å². The monoisotopic (exact) mass is 434 g/mol. The Morgan fingerprint density at radius 3 is 2.41 bits per heavy atom. The van der Waals surface area contributed by atoms with E-state index in [9.17, 15) is 13.2 Å². The molecule has 0 heterocycles. The molecule has 1 atom stereocenters. The van der Waals surface area contributed by atoms with Crippen molar-refractivity contribution in [2.75, 3.05) is 0 Å². The van der Waals surface area contributed by atoms with Gasteiger partial charge in [0.1, 0.15) is 10.9 Å². The van der Waals surface area contributed by atoms with Crippen molar-refractivity contribution in [2.45, 2.75) is 62.4 Å². The molecular formula is C22H27ClN2O3S. The third-order valence-electron chi connectivity index (χ3n) is 5.28. The van der Waals surface area contributed by atoms with E-state index in [4.69, 9.17) is 11.6 Å². The molecule has 1 amide bonds. The highest BCUT2D eigenvalue weighted by Crippen LogP contribution is 2.25. The molecule has 0 spiro atoms. The minimum absolute atomic E-state index is 0.0187. The predicted octanol–water partition coefficient (Wildman–Crippen LogP) is 3.99. The number of halogens is 1. The van der Waals surface area contributed by atoms with E-state index in [-0.39, 0.29) is 28.3 Å². The molecule has 1 unspecified atom stereocenters. The van der Waals surface area contributed by atoms with Crippen molar-refractivity contribution in [1.29, 1.82) is 0 Å². The second-order valence-electron chi connectivity index (χ2n) is 7.59. The van der Waals surface area contributed by atoms with E-state index >= 15 is 0 Å². The van der Waals surface area contributed by atoms with Crippen LogP contribution in [0.5, 0.6) is 0 Å². The minimum atomic E-state index is -3.97. The number of nitrogens with one attached hydrogen (secondary N) is 2. The summed E-state index contributed by atoms with van der Waals surface area (Å²) in [6.07, 6.45) is 5.47. The van der Waals surface area contributed by atoms with Crippen molar-refractivity contribution < 1.29 is 13.2 Å². The number of hydrogen-bond donors (Lipinski definition) is 2. The molecule has 0 saturated heterocycles. The molecule has 1 saturated carbocycles. The highest BCUT2D eigenvalue weighted by molar-refractivity contribution is 7.89. The lowest BCUT2D eigenvalue weighted by molar-refractivity contribution is -0.123. The van der Waals surface area contributed by atoms with Gasteiger partial charge in [0.2, 0.25) is 15.9 Å². The molecule has 2 N–H and O–H groups in total. The standard InChI is InChI=1S/C22H27ClN2O3S/c1-16-9-8-14-19(23)21(16)29(27,28)25-20(15-17-10-4-2-5-11-17)22(26)24-18-12-6-3-7-13-18/h2,4-5,8-11,14,18,20,25H,3,6-7,12-13,15H2,1H3,(H,24,26). The van der Waals surface area contributed by atoms with Crippen LogP contribution in [0.1, 0.15) is 43.2 Å². The van der Waals surface area contributed by atoms with Crippen molar-refractivity contribution in [3.8, 4) is 0 Å². The molecule has 1 aliphatic rings. The molecule has 0 bridgehead atoms. The summed E-state index contributed by atoms with van der Waals surface area (Å²) in [6, 6.07) is 13.5. The molecule has 2 aromatic carbocycles. The fourth-order valence-electron chi connectivity index (χ4n) is 3.79. The lowest BCUT2D eigenvalue weighted by Crippen LogP contribution is -2.51. The van der Waals surface area contributed by atoms with Crippen LogP contribution >= 0.6 is 11.6 Å². The van der Waals surface area contributed by atoms with Gasteiger partial charge in [-0.3, -0.25) is 4.79 Å². The van der Waals surface area contributed by atoms with Crippen molar-refractivity contribution in [2.24, 2.45) is 0 Å². The van der Waals surface area contributed by atoms with E-state index in [0.717, 1.165) is 31.2 Å². The van der Waals surface area contributed by atoms with Gasteiger partial charge >= 0.3 is 0 Å². The van der Waals surface area contributed by atoms with Crippen molar-refractivity contribution in [3.05, 3.63) is 64.7 Å². The maximum absolute atomic E-state index is 13.1. The Morgan fingerprint density at radius 1 is 1.07 bits per heavy atom. The molecular weight excluding hydrogens is 408 g/mol. The molecule has 1 aliphatic carbocycles. The first-order valence-electron chi connectivity index (χ1n) is 9.98. The third-order valence-corrected chi connectivity index (χ3v) is 7.38. The molecule has 29 heavy (non-hydrogen) atoms. The quantitative estimate of drug-likeness (QED) is 0.691. The largest absolute Gasteiger partial charge is 0.352 e. The van der Waals surface area contributed by atoms with Gasteiger partial charge in [-0.15, -0.1) is 0 Å². The zero-order valence-electron chi connectivity index (χ0n) is 16.5. The average molecular weight is 435 g/mol. The maximum Gasteiger partial charge on any atom is 0.243 e. The molecule has 0 aliphatic heterocycles. The van der Waals surface area contributed by atoms with E-state index in [0.29, 0.717) is 5.56 Å². The molecule has 7 heteroatoms. The number of carbonyl (C=O) groups is 1. The number of amides is 1. The normalized spacial score (nSPS) is 16.3. The molecule has 0 aromatic heterocycles. The van der Waals surface area contributed by atoms with Crippen LogP contribution in [-0.4, -0.2) is 26.4 Å².